The first-order valence-corrected chi connectivity index (χ1v) is 10.9. The van der Waals surface area contributed by atoms with E-state index in [9.17, 15) is 9.59 Å². The summed E-state index contributed by atoms with van der Waals surface area (Å²) in [5, 5.41) is 8.16. The van der Waals surface area contributed by atoms with Crippen LogP contribution in [-0.4, -0.2) is 42.4 Å². The minimum atomic E-state index is -0.658. The third-order valence-electron chi connectivity index (χ3n) is 4.75. The van der Waals surface area contributed by atoms with Gasteiger partial charge < -0.3 is 15.0 Å². The fraction of sp³-hybridized carbons (Fsp3) is 0.208. The third-order valence-corrected chi connectivity index (χ3v) is 5.40. The topological polar surface area (TPSA) is 76.5 Å². The van der Waals surface area contributed by atoms with Gasteiger partial charge in [0.05, 0.1) is 12.2 Å². The quantitative estimate of drug-likeness (QED) is 0.365. The molecule has 0 radical (unpaired) electrons. The van der Waals surface area contributed by atoms with Gasteiger partial charge >= 0.3 is 5.97 Å². The van der Waals surface area contributed by atoms with Crippen molar-refractivity contribution in [2.45, 2.75) is 13.5 Å². The number of esters is 1. The van der Waals surface area contributed by atoms with E-state index in [2.05, 4.69) is 10.4 Å². The van der Waals surface area contributed by atoms with Gasteiger partial charge in [0.2, 0.25) is 0 Å². The van der Waals surface area contributed by atoms with Crippen LogP contribution in [-0.2, 0) is 20.9 Å². The number of rotatable bonds is 8. The fourth-order valence-corrected chi connectivity index (χ4v) is 3.42. The number of nitrogens with one attached hydrogen (secondary N) is 1. The zero-order chi connectivity index (χ0) is 24.0. The molecule has 0 bridgehead atoms. The van der Waals surface area contributed by atoms with Crippen molar-refractivity contribution in [1.82, 2.24) is 9.78 Å². The summed E-state index contributed by atoms with van der Waals surface area (Å²) in [6.45, 7) is 1.86. The van der Waals surface area contributed by atoms with Crippen molar-refractivity contribution in [2.24, 2.45) is 0 Å². The number of hydrogen-bond acceptors (Lipinski definition) is 5. The summed E-state index contributed by atoms with van der Waals surface area (Å²) < 4.78 is 6.66. The Morgan fingerprint density at radius 3 is 2.39 bits per heavy atom. The van der Waals surface area contributed by atoms with E-state index in [4.69, 9.17) is 27.9 Å². The SMILES string of the molecule is Cc1nn(Cc2ccc(Cl)cc2)c(Cl)c1/C=C/C(=O)OCC(=O)Nc1ccc(N(C)C)cc1. The molecule has 0 spiro atoms. The molecule has 1 amide bonds. The molecular formula is C24H24Cl2N4O3. The average molecular weight is 487 g/mol. The van der Waals surface area contributed by atoms with Crippen LogP contribution < -0.4 is 10.2 Å². The smallest absolute Gasteiger partial charge is 0.331 e. The molecule has 0 saturated heterocycles. The summed E-state index contributed by atoms with van der Waals surface area (Å²) in [6, 6.07) is 14.7. The maximum atomic E-state index is 12.1. The highest BCUT2D eigenvalue weighted by molar-refractivity contribution is 6.31. The Morgan fingerprint density at radius 1 is 1.09 bits per heavy atom. The van der Waals surface area contributed by atoms with Crippen molar-refractivity contribution in [2.75, 3.05) is 30.9 Å². The van der Waals surface area contributed by atoms with E-state index >= 15 is 0 Å². The summed E-state index contributed by atoms with van der Waals surface area (Å²) in [5.74, 6) is -1.09. The number of ether oxygens (including phenoxy) is 1. The number of hydrogen-bond donors (Lipinski definition) is 1. The number of benzene rings is 2. The molecule has 0 unspecified atom stereocenters. The number of anilines is 2. The van der Waals surface area contributed by atoms with Crippen LogP contribution in [0.15, 0.2) is 54.6 Å². The molecular weight excluding hydrogens is 463 g/mol. The highest BCUT2D eigenvalue weighted by Gasteiger charge is 2.13. The van der Waals surface area contributed by atoms with Crippen molar-refractivity contribution < 1.29 is 14.3 Å². The zero-order valence-corrected chi connectivity index (χ0v) is 20.0. The van der Waals surface area contributed by atoms with Crippen LogP contribution >= 0.6 is 23.2 Å². The fourth-order valence-electron chi connectivity index (χ4n) is 3.00. The highest BCUT2D eigenvalue weighted by Crippen LogP contribution is 2.23. The maximum absolute atomic E-state index is 12.1. The minimum absolute atomic E-state index is 0.394. The van der Waals surface area contributed by atoms with E-state index in [-0.39, 0.29) is 0 Å². The lowest BCUT2D eigenvalue weighted by Gasteiger charge is -2.13. The Labute approximate surface area is 202 Å². The van der Waals surface area contributed by atoms with Gasteiger partial charge in [0.25, 0.3) is 5.91 Å². The Hall–Kier alpha value is -3.29. The van der Waals surface area contributed by atoms with Crippen molar-refractivity contribution >= 4 is 52.5 Å². The van der Waals surface area contributed by atoms with Gasteiger partial charge in [0, 0.05) is 42.1 Å². The molecule has 1 N–H and O–H groups in total. The number of halogens is 2. The largest absolute Gasteiger partial charge is 0.452 e. The lowest BCUT2D eigenvalue weighted by molar-refractivity contribution is -0.142. The summed E-state index contributed by atoms with van der Waals surface area (Å²) >= 11 is 12.4. The molecule has 1 aromatic heterocycles. The Kier molecular flexibility index (Phi) is 8.14. The van der Waals surface area contributed by atoms with Crippen LogP contribution in [0, 0.1) is 6.92 Å². The summed E-state index contributed by atoms with van der Waals surface area (Å²) in [4.78, 5) is 26.1. The molecule has 1 heterocycles. The van der Waals surface area contributed by atoms with E-state index in [1.807, 2.05) is 43.3 Å². The molecule has 0 saturated carbocycles. The van der Waals surface area contributed by atoms with Crippen molar-refractivity contribution in [1.29, 1.82) is 0 Å². The highest BCUT2D eigenvalue weighted by atomic mass is 35.5. The summed E-state index contributed by atoms with van der Waals surface area (Å²) in [7, 11) is 3.86. The molecule has 33 heavy (non-hydrogen) atoms. The second-order valence-electron chi connectivity index (χ2n) is 7.50. The van der Waals surface area contributed by atoms with Crippen LogP contribution in [0.4, 0.5) is 11.4 Å². The van der Waals surface area contributed by atoms with Crippen molar-refractivity contribution in [3.05, 3.63) is 81.6 Å². The number of carbonyl (C=O) groups is 2. The number of amides is 1. The first kappa shape index (κ1) is 24.4. The Balaban J connectivity index is 1.54. The molecule has 0 fully saturated rings. The second kappa shape index (κ2) is 11.0. The predicted octanol–water partition coefficient (Wildman–Crippen LogP) is 4.81. The number of aromatic nitrogens is 2. The van der Waals surface area contributed by atoms with Crippen LogP contribution in [0.3, 0.4) is 0 Å². The van der Waals surface area contributed by atoms with Crippen molar-refractivity contribution in [3.8, 4) is 0 Å². The molecule has 0 atom stereocenters. The molecule has 3 rings (SSSR count). The average Bonchev–Trinajstić information content (AvgIpc) is 3.05. The van der Waals surface area contributed by atoms with Crippen LogP contribution in [0.1, 0.15) is 16.8 Å². The standard InChI is InChI=1S/C24H24Cl2N4O3/c1-16-21(24(26)30(28-16)14-17-4-6-18(25)7-5-17)12-13-23(32)33-15-22(31)27-19-8-10-20(11-9-19)29(2)3/h4-13H,14-15H2,1-3H3,(H,27,31)/b13-12+. The van der Waals surface area contributed by atoms with E-state index in [1.54, 1.807) is 35.9 Å². The number of aryl methyl sites for hydroxylation is 1. The molecule has 172 valence electrons. The van der Waals surface area contributed by atoms with Gasteiger partial charge in [-0.15, -0.1) is 0 Å². The Morgan fingerprint density at radius 2 is 1.76 bits per heavy atom. The monoisotopic (exact) mass is 486 g/mol. The van der Waals surface area contributed by atoms with Crippen LogP contribution in [0.25, 0.3) is 6.08 Å². The maximum Gasteiger partial charge on any atom is 0.331 e. The first-order chi connectivity index (χ1) is 15.7. The normalized spacial score (nSPS) is 10.9. The van der Waals surface area contributed by atoms with E-state index in [1.165, 1.54) is 12.2 Å². The summed E-state index contributed by atoms with van der Waals surface area (Å²) in [6.07, 6.45) is 2.75. The molecule has 9 heteroatoms. The van der Waals surface area contributed by atoms with Crippen molar-refractivity contribution in [3.63, 3.8) is 0 Å². The van der Waals surface area contributed by atoms with Gasteiger partial charge in [-0.3, -0.25) is 4.79 Å². The lowest BCUT2D eigenvalue weighted by atomic mass is 10.2. The third kappa shape index (κ3) is 6.84. The molecule has 3 aromatic rings. The Bertz CT molecular complexity index is 1150. The summed E-state index contributed by atoms with van der Waals surface area (Å²) in [5.41, 5.74) is 3.88. The first-order valence-electron chi connectivity index (χ1n) is 10.1. The van der Waals surface area contributed by atoms with Gasteiger partial charge in [-0.2, -0.15) is 5.10 Å². The minimum Gasteiger partial charge on any atom is -0.452 e. The number of carbonyl (C=O) groups excluding carboxylic acids is 2. The van der Waals surface area contributed by atoms with Gasteiger partial charge in [0.15, 0.2) is 6.61 Å². The van der Waals surface area contributed by atoms with E-state index in [0.29, 0.717) is 33.7 Å². The number of nitrogens with zero attached hydrogens (tertiary/aromatic N) is 3. The second-order valence-corrected chi connectivity index (χ2v) is 8.30. The van der Waals surface area contributed by atoms with Gasteiger partial charge in [-0.25, -0.2) is 9.48 Å². The predicted molar refractivity (Wildman–Crippen MR) is 132 cm³/mol. The van der Waals surface area contributed by atoms with Crippen LogP contribution in [0.2, 0.25) is 10.2 Å². The van der Waals surface area contributed by atoms with Gasteiger partial charge in [0.1, 0.15) is 5.15 Å². The van der Waals surface area contributed by atoms with Gasteiger partial charge in [-0.1, -0.05) is 35.3 Å². The lowest BCUT2D eigenvalue weighted by Crippen LogP contribution is -2.20. The zero-order valence-electron chi connectivity index (χ0n) is 18.5. The molecule has 2 aromatic carbocycles. The molecule has 0 aliphatic heterocycles. The molecule has 7 nitrogen and oxygen atoms in total. The van der Waals surface area contributed by atoms with E-state index in [0.717, 1.165) is 11.3 Å². The molecule has 0 aliphatic carbocycles. The molecule has 0 aliphatic rings. The van der Waals surface area contributed by atoms with E-state index < -0.39 is 18.5 Å². The van der Waals surface area contributed by atoms with Crippen LogP contribution in [0.5, 0.6) is 0 Å². The van der Waals surface area contributed by atoms with Gasteiger partial charge in [-0.05, 0) is 55.0 Å².